The third kappa shape index (κ3) is 3.19. The van der Waals surface area contributed by atoms with Gasteiger partial charge in [0.25, 0.3) is 0 Å². The predicted octanol–water partition coefficient (Wildman–Crippen LogP) is 2.00. The summed E-state index contributed by atoms with van der Waals surface area (Å²) in [6.45, 7) is 5.99. The molecule has 1 saturated heterocycles. The van der Waals surface area contributed by atoms with E-state index in [4.69, 9.17) is 0 Å². The number of carbonyl (C=O) groups excluding carboxylic acids is 1. The molecule has 4 heteroatoms. The van der Waals surface area contributed by atoms with Gasteiger partial charge in [0.05, 0.1) is 0 Å². The summed E-state index contributed by atoms with van der Waals surface area (Å²) in [5, 5.41) is 6.25. The molecule has 108 valence electrons. The highest BCUT2D eigenvalue weighted by atomic mass is 16.1. The van der Waals surface area contributed by atoms with Crippen molar-refractivity contribution < 1.29 is 4.79 Å². The fraction of sp³-hybridized carbons (Fsp3) is 0.562. The number of carbonyl (C=O) groups is 1. The van der Waals surface area contributed by atoms with Gasteiger partial charge in [-0.1, -0.05) is 12.1 Å². The lowest BCUT2D eigenvalue weighted by molar-refractivity contribution is -0.114. The highest BCUT2D eigenvalue weighted by molar-refractivity contribution is 5.88. The minimum Gasteiger partial charge on any atom is -0.326 e. The molecule has 1 aromatic rings. The standard InChI is InChI=1S/C16H23N3O/c1-12(20)18-15-6-4-14(5-7-15)16(13-2-3-13)19-10-8-17-9-11-19/h4-7,13,16-17H,2-3,8-11H2,1H3,(H,18,20)/t16-/m0/s1. The van der Waals surface area contributed by atoms with E-state index in [1.807, 2.05) is 12.1 Å². The number of hydrogen-bond acceptors (Lipinski definition) is 3. The number of rotatable bonds is 4. The summed E-state index contributed by atoms with van der Waals surface area (Å²) in [4.78, 5) is 13.7. The number of piperazine rings is 1. The number of benzene rings is 1. The van der Waals surface area contributed by atoms with Gasteiger partial charge < -0.3 is 10.6 Å². The molecule has 0 aromatic heterocycles. The first-order chi connectivity index (χ1) is 9.74. The van der Waals surface area contributed by atoms with Crippen LogP contribution in [0.3, 0.4) is 0 Å². The van der Waals surface area contributed by atoms with Gasteiger partial charge in [0.2, 0.25) is 5.91 Å². The van der Waals surface area contributed by atoms with Gasteiger partial charge in [-0.2, -0.15) is 0 Å². The smallest absolute Gasteiger partial charge is 0.221 e. The van der Waals surface area contributed by atoms with Crippen LogP contribution < -0.4 is 10.6 Å². The minimum absolute atomic E-state index is 0.0152. The molecule has 1 heterocycles. The first kappa shape index (κ1) is 13.6. The summed E-state index contributed by atoms with van der Waals surface area (Å²) < 4.78 is 0. The van der Waals surface area contributed by atoms with E-state index in [-0.39, 0.29) is 5.91 Å². The van der Waals surface area contributed by atoms with Crippen molar-refractivity contribution in [3.8, 4) is 0 Å². The Balaban J connectivity index is 1.75. The van der Waals surface area contributed by atoms with Gasteiger partial charge in [-0.3, -0.25) is 9.69 Å². The predicted molar refractivity (Wildman–Crippen MR) is 80.7 cm³/mol. The lowest BCUT2D eigenvalue weighted by Crippen LogP contribution is -2.45. The van der Waals surface area contributed by atoms with E-state index >= 15 is 0 Å². The second-order valence-electron chi connectivity index (χ2n) is 5.87. The van der Waals surface area contributed by atoms with Crippen LogP contribution in [-0.2, 0) is 4.79 Å². The Morgan fingerprint density at radius 1 is 1.25 bits per heavy atom. The third-order valence-corrected chi connectivity index (χ3v) is 4.19. The number of hydrogen-bond donors (Lipinski definition) is 2. The number of anilines is 1. The van der Waals surface area contributed by atoms with Crippen LogP contribution in [0.4, 0.5) is 5.69 Å². The van der Waals surface area contributed by atoms with Crippen molar-refractivity contribution in [1.82, 2.24) is 10.2 Å². The molecular weight excluding hydrogens is 250 g/mol. The van der Waals surface area contributed by atoms with E-state index in [2.05, 4.69) is 27.7 Å². The summed E-state index contributed by atoms with van der Waals surface area (Å²) in [7, 11) is 0. The van der Waals surface area contributed by atoms with E-state index in [0.29, 0.717) is 6.04 Å². The van der Waals surface area contributed by atoms with Crippen LogP contribution in [-0.4, -0.2) is 37.0 Å². The SMILES string of the molecule is CC(=O)Nc1ccc([C@H](C2CC2)N2CCNCC2)cc1. The fourth-order valence-corrected chi connectivity index (χ4v) is 3.12. The fourth-order valence-electron chi connectivity index (χ4n) is 3.12. The molecule has 20 heavy (non-hydrogen) atoms. The maximum absolute atomic E-state index is 11.1. The molecule has 1 aromatic carbocycles. The van der Waals surface area contributed by atoms with Crippen LogP contribution in [0.5, 0.6) is 0 Å². The summed E-state index contributed by atoms with van der Waals surface area (Å²) in [6, 6.07) is 8.96. The van der Waals surface area contributed by atoms with Crippen molar-refractivity contribution in [3.63, 3.8) is 0 Å². The molecule has 2 N–H and O–H groups in total. The van der Waals surface area contributed by atoms with Crippen LogP contribution in [0.15, 0.2) is 24.3 Å². The summed E-state index contributed by atoms with van der Waals surface area (Å²) in [6.07, 6.45) is 2.70. The van der Waals surface area contributed by atoms with E-state index < -0.39 is 0 Å². The quantitative estimate of drug-likeness (QED) is 0.882. The number of nitrogens with zero attached hydrogens (tertiary/aromatic N) is 1. The topological polar surface area (TPSA) is 44.4 Å². The summed E-state index contributed by atoms with van der Waals surface area (Å²) in [5.41, 5.74) is 2.28. The van der Waals surface area contributed by atoms with Crippen molar-refractivity contribution in [3.05, 3.63) is 29.8 Å². The van der Waals surface area contributed by atoms with E-state index in [1.54, 1.807) is 6.92 Å². The lowest BCUT2D eigenvalue weighted by Gasteiger charge is -2.35. The Morgan fingerprint density at radius 3 is 2.45 bits per heavy atom. The van der Waals surface area contributed by atoms with Crippen molar-refractivity contribution in [2.24, 2.45) is 5.92 Å². The number of nitrogens with one attached hydrogen (secondary N) is 2. The van der Waals surface area contributed by atoms with Gasteiger partial charge in [-0.05, 0) is 36.5 Å². The monoisotopic (exact) mass is 273 g/mol. The highest BCUT2D eigenvalue weighted by Gasteiger charge is 2.36. The molecule has 1 amide bonds. The molecule has 2 fully saturated rings. The van der Waals surface area contributed by atoms with Gasteiger partial charge in [0.1, 0.15) is 0 Å². The van der Waals surface area contributed by atoms with Gasteiger partial charge in [0.15, 0.2) is 0 Å². The largest absolute Gasteiger partial charge is 0.326 e. The van der Waals surface area contributed by atoms with Gasteiger partial charge in [0, 0.05) is 44.8 Å². The Kier molecular flexibility index (Phi) is 4.03. The van der Waals surface area contributed by atoms with Crippen molar-refractivity contribution in [2.45, 2.75) is 25.8 Å². The molecule has 2 aliphatic rings. The van der Waals surface area contributed by atoms with Gasteiger partial charge in [-0.25, -0.2) is 0 Å². The van der Waals surface area contributed by atoms with E-state index in [1.165, 1.54) is 18.4 Å². The normalized spacial score (nSPS) is 21.4. The van der Waals surface area contributed by atoms with Crippen LogP contribution in [0.1, 0.15) is 31.4 Å². The molecule has 0 radical (unpaired) electrons. The molecule has 1 atom stereocenters. The van der Waals surface area contributed by atoms with Crippen LogP contribution in [0.2, 0.25) is 0 Å². The van der Waals surface area contributed by atoms with Crippen LogP contribution in [0, 0.1) is 5.92 Å². The Hall–Kier alpha value is -1.39. The second-order valence-corrected chi connectivity index (χ2v) is 5.87. The van der Waals surface area contributed by atoms with E-state index in [9.17, 15) is 4.79 Å². The highest BCUT2D eigenvalue weighted by Crippen LogP contribution is 2.44. The molecule has 0 spiro atoms. The summed E-state index contributed by atoms with van der Waals surface area (Å²) in [5.74, 6) is 0.804. The molecular formula is C16H23N3O. The molecule has 3 rings (SSSR count). The zero-order chi connectivity index (χ0) is 13.9. The van der Waals surface area contributed by atoms with Crippen LogP contribution in [0.25, 0.3) is 0 Å². The number of amides is 1. The van der Waals surface area contributed by atoms with Crippen molar-refractivity contribution in [2.75, 3.05) is 31.5 Å². The summed E-state index contributed by atoms with van der Waals surface area (Å²) >= 11 is 0. The Labute approximate surface area is 120 Å². The van der Waals surface area contributed by atoms with Gasteiger partial charge in [-0.15, -0.1) is 0 Å². The average Bonchev–Trinajstić information content (AvgIpc) is 3.26. The Morgan fingerprint density at radius 2 is 1.90 bits per heavy atom. The molecule has 1 saturated carbocycles. The lowest BCUT2D eigenvalue weighted by atomic mass is 9.99. The first-order valence-electron chi connectivity index (χ1n) is 7.56. The van der Waals surface area contributed by atoms with Crippen molar-refractivity contribution >= 4 is 11.6 Å². The third-order valence-electron chi connectivity index (χ3n) is 4.19. The second kappa shape index (κ2) is 5.94. The minimum atomic E-state index is -0.0152. The molecule has 1 aliphatic carbocycles. The average molecular weight is 273 g/mol. The zero-order valence-electron chi connectivity index (χ0n) is 12.1. The molecule has 1 aliphatic heterocycles. The molecule has 0 bridgehead atoms. The Bertz CT molecular complexity index is 461. The maximum Gasteiger partial charge on any atom is 0.221 e. The van der Waals surface area contributed by atoms with Crippen molar-refractivity contribution in [1.29, 1.82) is 0 Å². The zero-order valence-corrected chi connectivity index (χ0v) is 12.1. The van der Waals surface area contributed by atoms with Gasteiger partial charge >= 0.3 is 0 Å². The first-order valence-corrected chi connectivity index (χ1v) is 7.56. The maximum atomic E-state index is 11.1. The molecule has 4 nitrogen and oxygen atoms in total. The van der Waals surface area contributed by atoms with E-state index in [0.717, 1.165) is 37.8 Å². The molecule has 0 unspecified atom stereocenters. The van der Waals surface area contributed by atoms with Crippen LogP contribution >= 0.6 is 0 Å².